The van der Waals surface area contributed by atoms with E-state index in [0.29, 0.717) is 24.5 Å². The lowest BCUT2D eigenvalue weighted by molar-refractivity contribution is 0.489. The molecule has 0 aliphatic carbocycles. The van der Waals surface area contributed by atoms with Crippen molar-refractivity contribution in [3.63, 3.8) is 0 Å². The van der Waals surface area contributed by atoms with Crippen LogP contribution in [0.1, 0.15) is 18.4 Å². The number of halogens is 3. The Morgan fingerprint density at radius 3 is 2.76 bits per heavy atom. The predicted molar refractivity (Wildman–Crippen MR) is 87.3 cm³/mol. The molecule has 5 nitrogen and oxygen atoms in total. The normalized spacial score (nSPS) is 18.4. The van der Waals surface area contributed by atoms with E-state index >= 15 is 0 Å². The van der Waals surface area contributed by atoms with Crippen LogP contribution >= 0.6 is 0 Å². The summed E-state index contributed by atoms with van der Waals surface area (Å²) in [6.45, 7) is 1.51. The monoisotopic (exact) mass is 350 g/mol. The molecule has 0 N–H and O–H groups in total. The van der Waals surface area contributed by atoms with Gasteiger partial charge in [-0.1, -0.05) is 0 Å². The molecule has 2 aliphatic rings. The topological polar surface area (TPSA) is 41.4 Å². The maximum Gasteiger partial charge on any atom is 0.351 e. The van der Waals surface area contributed by atoms with Crippen molar-refractivity contribution in [2.45, 2.75) is 32.0 Å². The van der Waals surface area contributed by atoms with Crippen LogP contribution in [0.2, 0.25) is 0 Å². The number of fused-ring (bicyclic) bond motifs is 3. The summed E-state index contributed by atoms with van der Waals surface area (Å²) in [6.07, 6.45) is 2.14. The third kappa shape index (κ3) is 2.65. The van der Waals surface area contributed by atoms with Crippen molar-refractivity contribution in [1.82, 2.24) is 9.55 Å². The smallest absolute Gasteiger partial charge is 0.351 e. The van der Waals surface area contributed by atoms with E-state index in [2.05, 4.69) is 9.88 Å². The van der Waals surface area contributed by atoms with E-state index in [4.69, 9.17) is 0 Å². The molecule has 2 aliphatic heterocycles. The van der Waals surface area contributed by atoms with Gasteiger partial charge in [-0.05, 0) is 18.9 Å². The number of nitrogens with zero attached hydrogens (tertiary/aromatic N) is 4. The SMILES string of the molecule is CN(Cc1cc(F)c(F)cc1F)c1cc2n(c(=O)n1)CC1CCCN21. The highest BCUT2D eigenvalue weighted by atomic mass is 19.2. The van der Waals surface area contributed by atoms with Crippen LogP contribution in [0, 0.1) is 17.5 Å². The molecular formula is C17H17F3N4O. The fraction of sp³-hybridized carbons (Fsp3) is 0.412. The Hall–Kier alpha value is -2.51. The first-order valence-electron chi connectivity index (χ1n) is 8.17. The van der Waals surface area contributed by atoms with E-state index in [-0.39, 0.29) is 17.8 Å². The highest BCUT2D eigenvalue weighted by molar-refractivity contribution is 5.54. The molecule has 1 saturated heterocycles. The summed E-state index contributed by atoms with van der Waals surface area (Å²) in [6, 6.07) is 3.49. The molecule has 1 unspecified atom stereocenters. The van der Waals surface area contributed by atoms with Gasteiger partial charge in [0.2, 0.25) is 0 Å². The third-order valence-corrected chi connectivity index (χ3v) is 4.93. The van der Waals surface area contributed by atoms with Gasteiger partial charge in [-0.25, -0.2) is 18.0 Å². The maximum absolute atomic E-state index is 13.9. The summed E-state index contributed by atoms with van der Waals surface area (Å²) in [5.41, 5.74) is -0.345. The predicted octanol–water partition coefficient (Wildman–Crippen LogP) is 2.28. The summed E-state index contributed by atoms with van der Waals surface area (Å²) in [5, 5.41) is 0. The van der Waals surface area contributed by atoms with Crippen LogP contribution in [0.15, 0.2) is 23.0 Å². The van der Waals surface area contributed by atoms with Crippen LogP contribution in [0.3, 0.4) is 0 Å². The Kier molecular flexibility index (Phi) is 3.70. The van der Waals surface area contributed by atoms with Crippen molar-refractivity contribution < 1.29 is 13.2 Å². The molecule has 1 aromatic heterocycles. The van der Waals surface area contributed by atoms with Gasteiger partial charge in [0, 0.05) is 50.4 Å². The van der Waals surface area contributed by atoms with Gasteiger partial charge in [0.15, 0.2) is 11.6 Å². The standard InChI is InChI=1S/C17H17F3N4O/c1-22(8-10-5-13(19)14(20)6-12(10)18)15-7-16-23-4-2-3-11(23)9-24(16)17(25)21-15/h5-7,11H,2-4,8-9H2,1H3. The first kappa shape index (κ1) is 16.0. The zero-order chi connectivity index (χ0) is 17.7. The van der Waals surface area contributed by atoms with Gasteiger partial charge < -0.3 is 9.80 Å². The highest BCUT2D eigenvalue weighted by Crippen LogP contribution is 2.33. The molecule has 2 aromatic rings. The fourth-order valence-electron chi connectivity index (χ4n) is 3.65. The lowest BCUT2D eigenvalue weighted by atomic mass is 10.2. The number of benzene rings is 1. The van der Waals surface area contributed by atoms with E-state index in [1.165, 1.54) is 0 Å². The van der Waals surface area contributed by atoms with Gasteiger partial charge in [-0.15, -0.1) is 0 Å². The summed E-state index contributed by atoms with van der Waals surface area (Å²) in [7, 11) is 1.63. The largest absolute Gasteiger partial charge is 0.355 e. The maximum atomic E-state index is 13.9. The minimum atomic E-state index is -1.22. The van der Waals surface area contributed by atoms with Crippen LogP contribution < -0.4 is 15.5 Å². The van der Waals surface area contributed by atoms with Crippen molar-refractivity contribution in [2.24, 2.45) is 0 Å². The molecule has 8 heteroatoms. The Morgan fingerprint density at radius 1 is 1.20 bits per heavy atom. The Morgan fingerprint density at radius 2 is 1.96 bits per heavy atom. The molecule has 0 saturated carbocycles. The molecule has 132 valence electrons. The van der Waals surface area contributed by atoms with Crippen molar-refractivity contribution in [3.8, 4) is 0 Å². The minimum absolute atomic E-state index is 0.00264. The van der Waals surface area contributed by atoms with Crippen LogP contribution in [-0.4, -0.2) is 29.2 Å². The first-order valence-corrected chi connectivity index (χ1v) is 8.17. The molecule has 1 atom stereocenters. The van der Waals surface area contributed by atoms with E-state index in [1.54, 1.807) is 22.6 Å². The van der Waals surface area contributed by atoms with Crippen LogP contribution in [0.5, 0.6) is 0 Å². The van der Waals surface area contributed by atoms with Crippen molar-refractivity contribution >= 4 is 11.6 Å². The third-order valence-electron chi connectivity index (χ3n) is 4.93. The van der Waals surface area contributed by atoms with Gasteiger partial charge >= 0.3 is 5.69 Å². The molecule has 0 radical (unpaired) electrons. The van der Waals surface area contributed by atoms with Gasteiger partial charge in [-0.2, -0.15) is 4.98 Å². The Labute approximate surface area is 142 Å². The average molecular weight is 350 g/mol. The average Bonchev–Trinajstić information content (AvgIpc) is 3.14. The second-order valence-electron chi connectivity index (χ2n) is 6.57. The lowest BCUT2D eigenvalue weighted by Crippen LogP contribution is -2.27. The number of hydrogen-bond donors (Lipinski definition) is 0. The van der Waals surface area contributed by atoms with E-state index in [1.807, 2.05) is 0 Å². The summed E-state index contributed by atoms with van der Waals surface area (Å²) in [5.74, 6) is -1.96. The number of aromatic nitrogens is 2. The van der Waals surface area contributed by atoms with Gasteiger partial charge in [0.05, 0.1) is 0 Å². The first-order chi connectivity index (χ1) is 11.9. The molecule has 1 aromatic carbocycles. The zero-order valence-electron chi connectivity index (χ0n) is 13.7. The lowest BCUT2D eigenvalue weighted by Gasteiger charge is -2.21. The van der Waals surface area contributed by atoms with Crippen LogP contribution in [-0.2, 0) is 13.1 Å². The minimum Gasteiger partial charge on any atom is -0.355 e. The number of hydrogen-bond acceptors (Lipinski definition) is 4. The van der Waals surface area contributed by atoms with Gasteiger partial charge in [-0.3, -0.25) is 4.57 Å². The van der Waals surface area contributed by atoms with E-state index in [9.17, 15) is 18.0 Å². The molecule has 3 heterocycles. The second-order valence-corrected chi connectivity index (χ2v) is 6.57. The van der Waals surface area contributed by atoms with E-state index < -0.39 is 17.5 Å². The fourth-order valence-corrected chi connectivity index (χ4v) is 3.65. The van der Waals surface area contributed by atoms with Crippen LogP contribution in [0.4, 0.5) is 24.8 Å². The summed E-state index contributed by atoms with van der Waals surface area (Å²) in [4.78, 5) is 20.1. The molecule has 0 bridgehead atoms. The van der Waals surface area contributed by atoms with Crippen molar-refractivity contribution in [1.29, 1.82) is 0 Å². The molecule has 4 rings (SSSR count). The van der Waals surface area contributed by atoms with Crippen molar-refractivity contribution in [2.75, 3.05) is 23.4 Å². The summed E-state index contributed by atoms with van der Waals surface area (Å²) < 4.78 is 41.9. The molecular weight excluding hydrogens is 333 g/mol. The zero-order valence-corrected chi connectivity index (χ0v) is 13.7. The summed E-state index contributed by atoms with van der Waals surface area (Å²) >= 11 is 0. The van der Waals surface area contributed by atoms with E-state index in [0.717, 1.165) is 31.3 Å². The number of rotatable bonds is 3. The molecule has 1 fully saturated rings. The van der Waals surface area contributed by atoms with Crippen LogP contribution in [0.25, 0.3) is 0 Å². The highest BCUT2D eigenvalue weighted by Gasteiger charge is 2.34. The van der Waals surface area contributed by atoms with Gasteiger partial charge in [0.25, 0.3) is 0 Å². The molecule has 0 spiro atoms. The Bertz CT molecular complexity index is 898. The number of anilines is 2. The molecule has 0 amide bonds. The Balaban J connectivity index is 1.65. The second kappa shape index (κ2) is 5.79. The molecule has 25 heavy (non-hydrogen) atoms. The van der Waals surface area contributed by atoms with Gasteiger partial charge in [0.1, 0.15) is 17.5 Å². The quantitative estimate of drug-likeness (QED) is 0.797. The van der Waals surface area contributed by atoms with Crippen molar-refractivity contribution in [3.05, 3.63) is 51.7 Å².